The molecule has 1 aromatic heterocycles. The fourth-order valence-corrected chi connectivity index (χ4v) is 4.93. The van der Waals surface area contributed by atoms with Gasteiger partial charge in [-0.3, -0.25) is 14.3 Å². The summed E-state index contributed by atoms with van der Waals surface area (Å²) in [6, 6.07) is 11.0. The minimum atomic E-state index is -1.01. The Labute approximate surface area is 154 Å². The van der Waals surface area contributed by atoms with Crippen LogP contribution in [0.25, 0.3) is 0 Å². The summed E-state index contributed by atoms with van der Waals surface area (Å²) in [6.45, 7) is 0.353. The number of hydrogen-bond donors (Lipinski definition) is 2. The number of aromatic amines is 1. The van der Waals surface area contributed by atoms with E-state index < -0.39 is 35.3 Å². The van der Waals surface area contributed by atoms with Gasteiger partial charge in [0.05, 0.1) is 6.61 Å². The Morgan fingerprint density at radius 3 is 2.81 bits per heavy atom. The van der Waals surface area contributed by atoms with E-state index >= 15 is 0 Å². The number of H-pyrrole nitrogens is 1. The van der Waals surface area contributed by atoms with Crippen LogP contribution in [0.2, 0.25) is 0 Å². The molecule has 2 aliphatic rings. The van der Waals surface area contributed by atoms with E-state index in [1.54, 1.807) is 11.8 Å². The molecule has 2 saturated heterocycles. The van der Waals surface area contributed by atoms with Crippen molar-refractivity contribution in [3.05, 3.63) is 69.0 Å². The van der Waals surface area contributed by atoms with Crippen LogP contribution in [0.15, 0.2) is 52.2 Å². The number of hydrogen-bond acceptors (Lipinski definition) is 6. The highest BCUT2D eigenvalue weighted by molar-refractivity contribution is 7.99. The fourth-order valence-electron chi connectivity index (χ4n) is 3.58. The smallest absolute Gasteiger partial charge is 0.330 e. The molecule has 2 N–H and O–H groups in total. The molecule has 7 nitrogen and oxygen atoms in total. The van der Waals surface area contributed by atoms with Crippen LogP contribution in [-0.2, 0) is 16.1 Å². The molecule has 2 aromatic rings. The first-order valence-electron chi connectivity index (χ1n) is 8.50. The first kappa shape index (κ1) is 17.5. The molecule has 4 rings (SSSR count). The van der Waals surface area contributed by atoms with Gasteiger partial charge in [0.25, 0.3) is 5.56 Å². The molecule has 2 aliphatic heterocycles. The molecule has 4 atom stereocenters. The number of aliphatic hydroxyl groups is 1. The van der Waals surface area contributed by atoms with E-state index in [9.17, 15) is 14.7 Å². The minimum absolute atomic E-state index is 0.353. The van der Waals surface area contributed by atoms with Crippen molar-refractivity contribution in [2.24, 2.45) is 0 Å². The highest BCUT2D eigenvalue weighted by Crippen LogP contribution is 2.46. The monoisotopic (exact) mass is 376 g/mol. The molecule has 3 heterocycles. The number of nitrogens with one attached hydrogen (secondary N) is 1. The van der Waals surface area contributed by atoms with E-state index in [2.05, 4.69) is 4.98 Å². The average Bonchev–Trinajstić information content (AvgIpc) is 3.20. The standard InChI is InChI=1S/C18H20N2O5S/c21-13-6-8-20(17(23)19-13)16-14(22)15(18(25-16)7-9-26-11-18)24-10-12-4-2-1-3-5-12/h1-6,8,14-16,22H,7,9-11H2,(H,19,21,23)/t14-,15-,16-,18+/m1/s1. The molecule has 26 heavy (non-hydrogen) atoms. The fraction of sp³-hybridized carbons (Fsp3) is 0.444. The van der Waals surface area contributed by atoms with Crippen LogP contribution >= 0.6 is 11.8 Å². The maximum Gasteiger partial charge on any atom is 0.330 e. The van der Waals surface area contributed by atoms with Gasteiger partial charge in [-0.2, -0.15) is 11.8 Å². The maximum absolute atomic E-state index is 12.1. The van der Waals surface area contributed by atoms with Crippen LogP contribution in [0, 0.1) is 0 Å². The number of aliphatic hydroxyl groups excluding tert-OH is 1. The van der Waals surface area contributed by atoms with Gasteiger partial charge < -0.3 is 14.6 Å². The Kier molecular flexibility index (Phi) is 4.74. The molecule has 0 amide bonds. The zero-order chi connectivity index (χ0) is 18.1. The topological polar surface area (TPSA) is 93.5 Å². The zero-order valence-electron chi connectivity index (χ0n) is 14.0. The lowest BCUT2D eigenvalue weighted by Gasteiger charge is -2.29. The van der Waals surface area contributed by atoms with Crippen LogP contribution in [0.1, 0.15) is 18.2 Å². The summed E-state index contributed by atoms with van der Waals surface area (Å²) in [7, 11) is 0. The lowest BCUT2D eigenvalue weighted by atomic mass is 9.94. The Morgan fingerprint density at radius 1 is 1.31 bits per heavy atom. The predicted molar refractivity (Wildman–Crippen MR) is 97.1 cm³/mol. The van der Waals surface area contributed by atoms with Gasteiger partial charge in [-0.15, -0.1) is 0 Å². The Bertz CT molecular complexity index is 875. The third kappa shape index (κ3) is 3.14. The number of nitrogens with zero attached hydrogens (tertiary/aromatic N) is 1. The van der Waals surface area contributed by atoms with E-state index in [0.717, 1.165) is 17.7 Å². The normalized spacial score (nSPS) is 30.9. The van der Waals surface area contributed by atoms with Crippen molar-refractivity contribution in [1.29, 1.82) is 0 Å². The summed E-state index contributed by atoms with van der Waals surface area (Å²) in [5, 5.41) is 10.9. The van der Waals surface area contributed by atoms with Crippen molar-refractivity contribution in [2.75, 3.05) is 11.5 Å². The van der Waals surface area contributed by atoms with Gasteiger partial charge in [0, 0.05) is 18.0 Å². The summed E-state index contributed by atoms with van der Waals surface area (Å²) < 4.78 is 13.5. The second-order valence-electron chi connectivity index (χ2n) is 6.60. The van der Waals surface area contributed by atoms with Gasteiger partial charge in [-0.25, -0.2) is 4.79 Å². The van der Waals surface area contributed by atoms with E-state index in [1.807, 2.05) is 30.3 Å². The molecule has 138 valence electrons. The van der Waals surface area contributed by atoms with Gasteiger partial charge in [-0.1, -0.05) is 30.3 Å². The Balaban J connectivity index is 1.61. The minimum Gasteiger partial charge on any atom is -0.386 e. The molecule has 1 spiro atoms. The van der Waals surface area contributed by atoms with Gasteiger partial charge >= 0.3 is 5.69 Å². The van der Waals surface area contributed by atoms with Crippen molar-refractivity contribution in [3.63, 3.8) is 0 Å². The van der Waals surface area contributed by atoms with Crippen LogP contribution in [0.5, 0.6) is 0 Å². The molecule has 1 aromatic carbocycles. The number of rotatable bonds is 4. The lowest BCUT2D eigenvalue weighted by Crippen LogP contribution is -2.45. The zero-order valence-corrected chi connectivity index (χ0v) is 14.9. The second-order valence-corrected chi connectivity index (χ2v) is 7.71. The van der Waals surface area contributed by atoms with E-state index in [0.29, 0.717) is 12.4 Å². The van der Waals surface area contributed by atoms with Gasteiger partial charge in [0.15, 0.2) is 6.23 Å². The highest BCUT2D eigenvalue weighted by atomic mass is 32.2. The van der Waals surface area contributed by atoms with E-state index in [-0.39, 0.29) is 0 Å². The van der Waals surface area contributed by atoms with Gasteiger partial charge in [0.1, 0.15) is 17.8 Å². The van der Waals surface area contributed by atoms with Crippen LogP contribution in [0.3, 0.4) is 0 Å². The average molecular weight is 376 g/mol. The van der Waals surface area contributed by atoms with Crippen molar-refractivity contribution < 1.29 is 14.6 Å². The van der Waals surface area contributed by atoms with Crippen molar-refractivity contribution in [3.8, 4) is 0 Å². The SMILES string of the molecule is O=c1ccn([C@@H]2O[C@]3(CCSC3)[C@H](OCc3ccccc3)[C@H]2O)c(=O)[nH]1. The third-order valence-corrected chi connectivity index (χ3v) is 6.08. The summed E-state index contributed by atoms with van der Waals surface area (Å²) in [6.07, 6.45) is -0.367. The summed E-state index contributed by atoms with van der Waals surface area (Å²) in [4.78, 5) is 25.6. The molecule has 0 saturated carbocycles. The van der Waals surface area contributed by atoms with Gasteiger partial charge in [-0.05, 0) is 17.7 Å². The van der Waals surface area contributed by atoms with Crippen LogP contribution in [-0.4, -0.2) is 44.0 Å². The van der Waals surface area contributed by atoms with Crippen molar-refractivity contribution in [1.82, 2.24) is 9.55 Å². The number of aromatic nitrogens is 2. The molecule has 0 unspecified atom stereocenters. The quantitative estimate of drug-likeness (QED) is 0.823. The molecular weight excluding hydrogens is 356 g/mol. The molecule has 8 heteroatoms. The Hall–Kier alpha value is -1.87. The first-order valence-corrected chi connectivity index (χ1v) is 9.65. The molecule has 2 fully saturated rings. The van der Waals surface area contributed by atoms with Crippen molar-refractivity contribution >= 4 is 11.8 Å². The summed E-state index contributed by atoms with van der Waals surface area (Å²) >= 11 is 1.74. The van der Waals surface area contributed by atoms with Crippen LogP contribution in [0.4, 0.5) is 0 Å². The molecule has 0 aliphatic carbocycles. The number of ether oxygens (including phenoxy) is 2. The Morgan fingerprint density at radius 2 is 2.12 bits per heavy atom. The number of thioether (sulfide) groups is 1. The van der Waals surface area contributed by atoms with E-state index in [4.69, 9.17) is 9.47 Å². The maximum atomic E-state index is 12.1. The highest BCUT2D eigenvalue weighted by Gasteiger charge is 2.57. The summed E-state index contributed by atoms with van der Waals surface area (Å²) in [5.74, 6) is 1.60. The molecular formula is C18H20N2O5S. The first-order chi connectivity index (χ1) is 12.6. The molecule has 0 bridgehead atoms. The second kappa shape index (κ2) is 7.03. The van der Waals surface area contributed by atoms with Crippen LogP contribution < -0.4 is 11.2 Å². The van der Waals surface area contributed by atoms with Crippen molar-refractivity contribution in [2.45, 2.75) is 37.1 Å². The summed E-state index contributed by atoms with van der Waals surface area (Å²) in [5.41, 5.74) is -0.725. The number of benzene rings is 1. The van der Waals surface area contributed by atoms with E-state index in [1.165, 1.54) is 16.8 Å². The largest absolute Gasteiger partial charge is 0.386 e. The van der Waals surface area contributed by atoms with Gasteiger partial charge in [0.2, 0.25) is 0 Å². The molecule has 0 radical (unpaired) electrons. The third-order valence-electron chi connectivity index (χ3n) is 4.89. The lowest BCUT2D eigenvalue weighted by molar-refractivity contribution is -0.106. The predicted octanol–water partition coefficient (Wildman–Crippen LogP) is 0.887.